The van der Waals surface area contributed by atoms with Gasteiger partial charge in [-0.15, -0.1) is 23.4 Å². The van der Waals surface area contributed by atoms with E-state index in [0.717, 1.165) is 30.4 Å². The molecule has 1 aromatic rings. The molecule has 0 spiro atoms. The Bertz CT molecular complexity index is 2910. The van der Waals surface area contributed by atoms with Crippen LogP contribution in [0.3, 0.4) is 0 Å². The van der Waals surface area contributed by atoms with E-state index in [4.69, 9.17) is 28.8 Å². The number of hydrogen-bond acceptors (Lipinski definition) is 19. The van der Waals surface area contributed by atoms with Gasteiger partial charge >= 0.3 is 0 Å². The van der Waals surface area contributed by atoms with Crippen molar-refractivity contribution >= 4 is 130 Å². The molecular formula is C62H98ClN15O17S2. The number of halogens is 1. The smallest absolute Gasteiger partial charge is 0.246 e. The molecular weight excluding hydrogens is 1330 g/mol. The fraction of sp³-hybridized carbons (Fsp3) is 0.645. The normalized spacial score (nSPS) is 15.7. The molecule has 0 radical (unpaired) electrons. The first kappa shape index (κ1) is 84.8. The van der Waals surface area contributed by atoms with E-state index in [1.807, 2.05) is 6.92 Å². The second kappa shape index (κ2) is 44.5. The number of carbonyl (C=O) groups excluding carboxylic acids is 16. The van der Waals surface area contributed by atoms with Crippen LogP contribution in [0.5, 0.6) is 5.75 Å². The summed E-state index contributed by atoms with van der Waals surface area (Å²) in [6.45, 7) is 13.0. The topological polar surface area (TPSA) is 507 Å². The monoisotopic (exact) mass is 1420 g/mol. The molecule has 1 fully saturated rings. The Hall–Kier alpha value is -8.27. The predicted octanol–water partition coefficient (Wildman–Crippen LogP) is -2.99. The SMILES string of the molecule is CCCC(NC(=O)CSCC(NC(C)=O)C(=O)NC(Cc1ccc(O)cc1)C(=O)NC(C(=O)NC(CCC(N)=O)C(=O)NC(CC(N)=O)C(=O)NC(CSCC(=O)C(C)CC)C(=O)N1CCCC1C(=O)NC(CC(C)C)C(=O)NCC(N)=O)C(C)CC)C(=O)NCCNC(=O)CCl. The van der Waals surface area contributed by atoms with E-state index >= 15 is 0 Å². The molecule has 1 aliphatic heterocycles. The van der Waals surface area contributed by atoms with Gasteiger partial charge in [0.2, 0.25) is 88.6 Å². The number of Topliss-reactive ketones (excluding diaryl/α,β-unsaturated/α-hetero) is 1. The second-order valence-corrected chi connectivity index (χ2v) is 26.3. The number of primary amides is 3. The van der Waals surface area contributed by atoms with Crippen molar-refractivity contribution in [3.8, 4) is 5.75 Å². The van der Waals surface area contributed by atoms with Gasteiger partial charge in [-0.25, -0.2) is 0 Å². The van der Waals surface area contributed by atoms with Crippen LogP contribution in [-0.4, -0.2) is 214 Å². The van der Waals surface area contributed by atoms with E-state index in [2.05, 4.69) is 58.5 Å². The van der Waals surface area contributed by atoms with Gasteiger partial charge in [-0.3, -0.25) is 76.7 Å². The van der Waals surface area contributed by atoms with Gasteiger partial charge in [-0.2, -0.15) is 11.8 Å². The number of hydrogen-bond donors (Lipinski definition) is 15. The maximum Gasteiger partial charge on any atom is 0.246 e. The predicted molar refractivity (Wildman–Crippen MR) is 362 cm³/mol. The minimum Gasteiger partial charge on any atom is -0.508 e. The summed E-state index contributed by atoms with van der Waals surface area (Å²) < 4.78 is 0. The van der Waals surface area contributed by atoms with Crippen LogP contribution in [0.2, 0.25) is 0 Å². The Labute approximate surface area is 578 Å². The molecule has 32 nitrogen and oxygen atoms in total. The van der Waals surface area contributed by atoms with E-state index in [9.17, 15) is 81.8 Å². The number of benzene rings is 1. The molecule has 0 aliphatic carbocycles. The van der Waals surface area contributed by atoms with Crippen molar-refractivity contribution in [2.75, 3.05) is 55.1 Å². The van der Waals surface area contributed by atoms with E-state index < -0.39 is 175 Å². The van der Waals surface area contributed by atoms with Gasteiger partial charge < -0.3 is 85.7 Å². The Morgan fingerprint density at radius 1 is 0.588 bits per heavy atom. The first-order chi connectivity index (χ1) is 45.7. The largest absolute Gasteiger partial charge is 0.508 e. The van der Waals surface area contributed by atoms with Crippen LogP contribution < -0.4 is 75.7 Å². The Balaban J connectivity index is 2.51. The molecule has 11 unspecified atom stereocenters. The molecule has 15 amide bonds. The van der Waals surface area contributed by atoms with Gasteiger partial charge in [0.15, 0.2) is 0 Å². The van der Waals surface area contributed by atoms with Gasteiger partial charge in [0.1, 0.15) is 71.8 Å². The van der Waals surface area contributed by atoms with Crippen molar-refractivity contribution in [3.63, 3.8) is 0 Å². The number of carbonyl (C=O) groups is 16. The van der Waals surface area contributed by atoms with Crippen molar-refractivity contribution in [2.45, 2.75) is 180 Å². The van der Waals surface area contributed by atoms with Crippen molar-refractivity contribution in [3.05, 3.63) is 29.8 Å². The third-order valence-electron chi connectivity index (χ3n) is 15.4. The number of nitrogens with zero attached hydrogens (tertiary/aromatic N) is 1. The van der Waals surface area contributed by atoms with Gasteiger partial charge in [-0.05, 0) is 68.1 Å². The summed E-state index contributed by atoms with van der Waals surface area (Å²) in [5.41, 5.74) is 16.7. The number of ketones is 1. The van der Waals surface area contributed by atoms with Gasteiger partial charge in [0.25, 0.3) is 0 Å². The molecule has 2 rings (SSSR count). The Morgan fingerprint density at radius 2 is 1.15 bits per heavy atom. The van der Waals surface area contributed by atoms with Crippen LogP contribution in [0.1, 0.15) is 125 Å². The van der Waals surface area contributed by atoms with Crippen LogP contribution in [0, 0.1) is 17.8 Å². The van der Waals surface area contributed by atoms with E-state index in [0.29, 0.717) is 24.8 Å². The lowest BCUT2D eigenvalue weighted by Crippen LogP contribution is -2.61. The number of nitrogens with one attached hydrogen (secondary N) is 11. The Kier molecular flexibility index (Phi) is 38.9. The molecule has 1 heterocycles. The molecule has 1 aromatic carbocycles. The van der Waals surface area contributed by atoms with E-state index in [1.165, 1.54) is 29.2 Å². The zero-order valence-corrected chi connectivity index (χ0v) is 58.6. The minimum absolute atomic E-state index is 0.00680. The van der Waals surface area contributed by atoms with Gasteiger partial charge in [-0.1, -0.05) is 73.4 Å². The summed E-state index contributed by atoms with van der Waals surface area (Å²) in [6.07, 6.45) is -0.128. The number of likely N-dealkylation sites (tertiary alicyclic amines) is 1. The van der Waals surface area contributed by atoms with Crippen LogP contribution in [0.15, 0.2) is 24.3 Å². The first-order valence-corrected chi connectivity index (χ1v) is 35.0. The van der Waals surface area contributed by atoms with E-state index in [1.54, 1.807) is 41.5 Å². The number of thioether (sulfide) groups is 2. The Morgan fingerprint density at radius 3 is 1.74 bits per heavy atom. The second-order valence-electron chi connectivity index (χ2n) is 24.0. The zero-order chi connectivity index (χ0) is 73.1. The van der Waals surface area contributed by atoms with Crippen LogP contribution >= 0.6 is 35.1 Å². The maximum atomic E-state index is 14.7. The first-order valence-electron chi connectivity index (χ1n) is 32.1. The number of alkyl halides is 1. The zero-order valence-electron chi connectivity index (χ0n) is 56.2. The van der Waals surface area contributed by atoms with Crippen LogP contribution in [0.25, 0.3) is 0 Å². The summed E-state index contributed by atoms with van der Waals surface area (Å²) in [4.78, 5) is 215. The van der Waals surface area contributed by atoms with Crippen molar-refractivity contribution in [2.24, 2.45) is 35.0 Å². The van der Waals surface area contributed by atoms with Gasteiger partial charge in [0.05, 0.1) is 24.5 Å². The molecule has 35 heteroatoms. The number of phenolic OH excluding ortho intramolecular Hbond substituents is 1. The summed E-state index contributed by atoms with van der Waals surface area (Å²) in [5, 5.41) is 38.1. The summed E-state index contributed by atoms with van der Waals surface area (Å²) in [5.74, 6) is -15.1. The summed E-state index contributed by atoms with van der Waals surface area (Å²) in [6, 6.07) is -7.25. The molecule has 1 aliphatic rings. The third kappa shape index (κ3) is 32.1. The van der Waals surface area contributed by atoms with E-state index in [-0.39, 0.29) is 104 Å². The van der Waals surface area contributed by atoms with Crippen LogP contribution in [-0.2, 0) is 83.1 Å². The maximum absolute atomic E-state index is 14.7. The molecule has 1 saturated heterocycles. The lowest BCUT2D eigenvalue weighted by molar-refractivity contribution is -0.142. The minimum atomic E-state index is -1.88. The molecule has 542 valence electrons. The van der Waals surface area contributed by atoms with Crippen LogP contribution in [0.4, 0.5) is 0 Å². The highest BCUT2D eigenvalue weighted by atomic mass is 35.5. The lowest BCUT2D eigenvalue weighted by Gasteiger charge is -2.31. The number of aromatic hydroxyl groups is 1. The highest BCUT2D eigenvalue weighted by molar-refractivity contribution is 8.00. The fourth-order valence-electron chi connectivity index (χ4n) is 9.72. The third-order valence-corrected chi connectivity index (χ3v) is 17.7. The molecule has 0 aromatic heterocycles. The average molecular weight is 1430 g/mol. The number of nitrogens with two attached hydrogens (primary N) is 3. The standard InChI is InChI=1S/C62H98ClN15O17S2/c1-9-13-39(54(87)68-22-21-67-51(85)27-63)71-52(86)32-97-29-44(70-36(8)79)59(92)73-42(25-37-15-17-38(80)18-16-37)58(91)77-53(35(7)11-3)61(94)72-40(19-20-48(64)82)56(89)74-43(26-49(65)83)57(90)76-45(30-96-31-47(81)34(6)10-2)62(95)78-23-12-14-46(78)60(93)75-41(24-33(4)5)55(88)69-28-50(66)84/h15-18,33-35,39-46,53,80H,9-14,19-32H2,1-8H3,(H2,64,82)(H2,65,83)(H2,66,84)(H,67,85)(H,68,87)(H,69,88)(H,70,79)(H,71,86)(H,72,94)(H,73,92)(H,74,89)(H,75,93)(H,76,90)(H,77,91). The number of phenols is 1. The fourth-order valence-corrected chi connectivity index (χ4v) is 11.7. The molecule has 0 bridgehead atoms. The van der Waals surface area contributed by atoms with Crippen molar-refractivity contribution in [1.82, 2.24) is 63.4 Å². The van der Waals surface area contributed by atoms with Crippen molar-refractivity contribution in [1.29, 1.82) is 0 Å². The molecule has 11 atom stereocenters. The highest BCUT2D eigenvalue weighted by Gasteiger charge is 2.41. The number of rotatable bonds is 46. The van der Waals surface area contributed by atoms with Gasteiger partial charge in [0, 0.05) is 56.8 Å². The molecule has 0 saturated carbocycles. The molecule has 18 N–H and O–H groups in total. The summed E-state index contributed by atoms with van der Waals surface area (Å²) in [7, 11) is 0. The van der Waals surface area contributed by atoms with Crippen molar-refractivity contribution < 1.29 is 81.8 Å². The average Bonchev–Trinajstić information content (AvgIpc) is 1.78. The molecule has 97 heavy (non-hydrogen) atoms. The lowest BCUT2D eigenvalue weighted by atomic mass is 9.96. The quantitative estimate of drug-likeness (QED) is 0.0229. The summed E-state index contributed by atoms with van der Waals surface area (Å²) >= 11 is 7.40. The number of amides is 15. The highest BCUT2D eigenvalue weighted by Crippen LogP contribution is 2.22.